The van der Waals surface area contributed by atoms with Crippen LogP contribution in [0.25, 0.3) is 0 Å². The van der Waals surface area contributed by atoms with Gasteiger partial charge in [0.1, 0.15) is 11.6 Å². The topological polar surface area (TPSA) is 107 Å². The number of aromatic nitrogens is 3. The first-order chi connectivity index (χ1) is 13.6. The molecule has 148 valence electrons. The fourth-order valence-corrected chi connectivity index (χ4v) is 2.81. The second-order valence-electron chi connectivity index (χ2n) is 6.14. The Morgan fingerprint density at radius 1 is 1.04 bits per heavy atom. The maximum Gasteiger partial charge on any atom is 0.171 e. The molecule has 1 heterocycles. The van der Waals surface area contributed by atoms with E-state index in [9.17, 15) is 0 Å². The molecule has 8 nitrogen and oxygen atoms in total. The van der Waals surface area contributed by atoms with Crippen molar-refractivity contribution in [1.29, 1.82) is 0 Å². The van der Waals surface area contributed by atoms with Crippen molar-refractivity contribution >= 4 is 5.69 Å². The lowest BCUT2D eigenvalue weighted by molar-refractivity contribution is 0.354. The van der Waals surface area contributed by atoms with Gasteiger partial charge in [0.2, 0.25) is 0 Å². The molecule has 1 aromatic heterocycles. The van der Waals surface area contributed by atoms with Crippen LogP contribution in [-0.2, 0) is 6.42 Å². The van der Waals surface area contributed by atoms with Gasteiger partial charge in [-0.1, -0.05) is 12.1 Å². The molecule has 3 rings (SSSR count). The molecule has 8 heteroatoms. The molecule has 4 N–H and O–H groups in total. The number of rotatable bonds is 9. The lowest BCUT2D eigenvalue weighted by Gasteiger charge is -2.12. The first-order valence-electron chi connectivity index (χ1n) is 8.91. The van der Waals surface area contributed by atoms with E-state index in [4.69, 9.17) is 19.9 Å². The fraction of sp³-hybridized carbons (Fsp3) is 0.300. The summed E-state index contributed by atoms with van der Waals surface area (Å²) < 4.78 is 15.8. The van der Waals surface area contributed by atoms with Crippen LogP contribution in [0.3, 0.4) is 0 Å². The van der Waals surface area contributed by atoms with Gasteiger partial charge in [0.25, 0.3) is 0 Å². The van der Waals surface area contributed by atoms with Gasteiger partial charge in [-0.05, 0) is 29.8 Å². The van der Waals surface area contributed by atoms with Crippen LogP contribution >= 0.6 is 0 Å². The van der Waals surface area contributed by atoms with E-state index in [-0.39, 0.29) is 0 Å². The zero-order chi connectivity index (χ0) is 19.9. The highest BCUT2D eigenvalue weighted by Gasteiger charge is 2.17. The van der Waals surface area contributed by atoms with Crippen LogP contribution in [0, 0.1) is 0 Å². The van der Waals surface area contributed by atoms with E-state index in [1.54, 1.807) is 21.3 Å². The number of nitrogens with one attached hydrogen (secondary N) is 2. The predicted molar refractivity (Wildman–Crippen MR) is 107 cm³/mol. The molecule has 2 aromatic carbocycles. The van der Waals surface area contributed by atoms with Gasteiger partial charge in [-0.2, -0.15) is 5.10 Å². The summed E-state index contributed by atoms with van der Waals surface area (Å²) in [5.41, 5.74) is 8.16. The van der Waals surface area contributed by atoms with Crippen LogP contribution in [0.2, 0.25) is 0 Å². The molecule has 0 radical (unpaired) electrons. The Morgan fingerprint density at radius 3 is 2.61 bits per heavy atom. The van der Waals surface area contributed by atoms with Crippen LogP contribution in [0.1, 0.15) is 23.3 Å². The number of nitrogens with two attached hydrogens (primary N) is 1. The van der Waals surface area contributed by atoms with E-state index in [1.807, 2.05) is 42.5 Å². The summed E-state index contributed by atoms with van der Waals surface area (Å²) in [6, 6.07) is 12.9. The smallest absolute Gasteiger partial charge is 0.171 e. The summed E-state index contributed by atoms with van der Waals surface area (Å²) >= 11 is 0. The minimum absolute atomic E-state index is 0.462. The molecule has 0 aliphatic carbocycles. The summed E-state index contributed by atoms with van der Waals surface area (Å²) in [4.78, 5) is 4.52. The molecular weight excluding hydrogens is 358 g/mol. The van der Waals surface area contributed by atoms with Crippen LogP contribution in [0.4, 0.5) is 5.69 Å². The van der Waals surface area contributed by atoms with Gasteiger partial charge in [-0.3, -0.25) is 5.10 Å². The molecule has 0 bridgehead atoms. The largest absolute Gasteiger partial charge is 0.497 e. The van der Waals surface area contributed by atoms with Crippen molar-refractivity contribution in [2.45, 2.75) is 12.5 Å². The van der Waals surface area contributed by atoms with Gasteiger partial charge in [-0.15, -0.1) is 0 Å². The molecule has 0 saturated heterocycles. The third-order valence-electron chi connectivity index (χ3n) is 4.35. The number of benzene rings is 2. The summed E-state index contributed by atoms with van der Waals surface area (Å²) in [5, 5.41) is 10.6. The van der Waals surface area contributed by atoms with Crippen molar-refractivity contribution in [2.24, 2.45) is 5.73 Å². The molecule has 0 aliphatic heterocycles. The molecule has 1 atom stereocenters. The van der Waals surface area contributed by atoms with Gasteiger partial charge < -0.3 is 25.3 Å². The number of aromatic amines is 1. The minimum Gasteiger partial charge on any atom is -0.497 e. The quantitative estimate of drug-likeness (QED) is 0.521. The van der Waals surface area contributed by atoms with E-state index in [2.05, 4.69) is 20.5 Å². The molecule has 0 spiro atoms. The molecular formula is C20H25N5O3. The number of ether oxygens (including phenoxy) is 3. The van der Waals surface area contributed by atoms with Crippen LogP contribution < -0.4 is 25.3 Å². The molecule has 0 aliphatic rings. The first kappa shape index (κ1) is 19.5. The first-order valence-corrected chi connectivity index (χ1v) is 8.91. The Bertz CT molecular complexity index is 912. The van der Waals surface area contributed by atoms with E-state index in [0.717, 1.165) is 22.8 Å². The van der Waals surface area contributed by atoms with Gasteiger partial charge in [0, 0.05) is 24.7 Å². The minimum atomic E-state index is -0.462. The maximum absolute atomic E-state index is 6.33. The Hall–Kier alpha value is -3.26. The van der Waals surface area contributed by atoms with Gasteiger partial charge >= 0.3 is 0 Å². The predicted octanol–water partition coefficient (Wildman–Crippen LogP) is 2.53. The van der Waals surface area contributed by atoms with E-state index < -0.39 is 6.04 Å². The zero-order valence-corrected chi connectivity index (χ0v) is 16.2. The second-order valence-corrected chi connectivity index (χ2v) is 6.14. The molecule has 0 fully saturated rings. The lowest BCUT2D eigenvalue weighted by atomic mass is 10.1. The van der Waals surface area contributed by atoms with Crippen molar-refractivity contribution in [3.63, 3.8) is 0 Å². The normalized spacial score (nSPS) is 11.7. The molecule has 0 amide bonds. The number of hydrogen-bond donors (Lipinski definition) is 3. The highest BCUT2D eigenvalue weighted by atomic mass is 16.5. The van der Waals surface area contributed by atoms with Crippen LogP contribution in [0.5, 0.6) is 17.2 Å². The molecule has 28 heavy (non-hydrogen) atoms. The standard InChI is InChI=1S/C20H25N5O3/c1-26-15-6-4-5-14(12-15)22-10-9-18-23-20(25-24-18)19(21)13-7-8-16(27-2)17(11-13)28-3/h4-8,11-12,19,22H,9-10,21H2,1-3H3,(H,23,24,25)/t19-/m0/s1. The van der Waals surface area contributed by atoms with Crippen LogP contribution in [-0.4, -0.2) is 43.1 Å². The molecule has 3 aromatic rings. The van der Waals surface area contributed by atoms with E-state index in [0.29, 0.717) is 30.3 Å². The highest BCUT2D eigenvalue weighted by Crippen LogP contribution is 2.30. The third-order valence-corrected chi connectivity index (χ3v) is 4.35. The average molecular weight is 383 g/mol. The highest BCUT2D eigenvalue weighted by molar-refractivity contribution is 5.48. The fourth-order valence-electron chi connectivity index (χ4n) is 2.81. The Kier molecular flexibility index (Phi) is 6.33. The third kappa shape index (κ3) is 4.52. The molecule has 0 saturated carbocycles. The monoisotopic (exact) mass is 383 g/mol. The lowest BCUT2D eigenvalue weighted by Crippen LogP contribution is -2.14. The van der Waals surface area contributed by atoms with Gasteiger partial charge in [-0.25, -0.2) is 4.98 Å². The number of nitrogens with zero attached hydrogens (tertiary/aromatic N) is 2. The van der Waals surface area contributed by atoms with Crippen molar-refractivity contribution in [1.82, 2.24) is 15.2 Å². The SMILES string of the molecule is COc1cccc(NCCc2nc([C@@H](N)c3ccc(OC)c(OC)c3)n[nH]2)c1. The maximum atomic E-state index is 6.33. The Morgan fingerprint density at radius 2 is 1.86 bits per heavy atom. The molecule has 0 unspecified atom stereocenters. The number of anilines is 1. The Labute approximate surface area is 164 Å². The van der Waals surface area contributed by atoms with E-state index in [1.165, 1.54) is 0 Å². The second kappa shape index (κ2) is 9.09. The van der Waals surface area contributed by atoms with Crippen molar-refractivity contribution in [2.75, 3.05) is 33.2 Å². The summed E-state index contributed by atoms with van der Waals surface area (Å²) in [6.45, 7) is 0.702. The number of hydrogen-bond acceptors (Lipinski definition) is 7. The van der Waals surface area contributed by atoms with E-state index >= 15 is 0 Å². The summed E-state index contributed by atoms with van der Waals surface area (Å²) in [5.74, 6) is 3.38. The van der Waals surface area contributed by atoms with Crippen molar-refractivity contribution < 1.29 is 14.2 Å². The Balaban J connectivity index is 1.61. The summed E-state index contributed by atoms with van der Waals surface area (Å²) in [7, 11) is 4.84. The average Bonchev–Trinajstić information content (AvgIpc) is 3.21. The number of methoxy groups -OCH3 is 3. The number of H-pyrrole nitrogens is 1. The van der Waals surface area contributed by atoms with Gasteiger partial charge in [0.05, 0.1) is 27.4 Å². The van der Waals surface area contributed by atoms with Gasteiger partial charge in [0.15, 0.2) is 17.3 Å². The van der Waals surface area contributed by atoms with Crippen LogP contribution in [0.15, 0.2) is 42.5 Å². The van der Waals surface area contributed by atoms with Crippen molar-refractivity contribution in [3.05, 3.63) is 59.7 Å². The summed E-state index contributed by atoms with van der Waals surface area (Å²) in [6.07, 6.45) is 0.683. The zero-order valence-electron chi connectivity index (χ0n) is 16.2. The van der Waals surface area contributed by atoms with Crippen molar-refractivity contribution in [3.8, 4) is 17.2 Å².